The number of nitrogens with zero attached hydrogens (tertiary/aromatic N) is 3. The number of carbonyl (C=O) groups is 1. The number of phenolic OH excluding ortho intramolecular Hbond substituents is 1. The topological polar surface area (TPSA) is 164 Å². The van der Waals surface area contributed by atoms with Crippen molar-refractivity contribution in [1.82, 2.24) is 9.88 Å². The molecule has 5 rings (SSSR count). The Morgan fingerprint density at radius 1 is 1.00 bits per heavy atom. The summed E-state index contributed by atoms with van der Waals surface area (Å²) in [5, 5.41) is 26.8. The van der Waals surface area contributed by atoms with E-state index in [1.165, 1.54) is 48.5 Å². The Balaban J connectivity index is 1.54. The summed E-state index contributed by atoms with van der Waals surface area (Å²) in [5.74, 6) is -6.38. The van der Waals surface area contributed by atoms with E-state index < -0.39 is 40.9 Å². The zero-order chi connectivity index (χ0) is 31.4. The van der Waals surface area contributed by atoms with Crippen LogP contribution in [0, 0.1) is 17.0 Å². The SMILES string of the molecule is CN1CCN=C1c1cccc(Oc2nc(Oc3cc(C(=N)N)ccc3O)c(F)c(Oc3ccc(/C=C/C(=O)O)cc3)c2F)c1. The highest BCUT2D eigenvalue weighted by atomic mass is 19.1. The van der Waals surface area contributed by atoms with Crippen molar-refractivity contribution in [1.29, 1.82) is 5.41 Å². The lowest BCUT2D eigenvalue weighted by Gasteiger charge is -2.16. The molecule has 2 heterocycles. The summed E-state index contributed by atoms with van der Waals surface area (Å²) < 4.78 is 48.4. The zero-order valence-corrected chi connectivity index (χ0v) is 23.1. The predicted molar refractivity (Wildman–Crippen MR) is 157 cm³/mol. The van der Waals surface area contributed by atoms with Gasteiger partial charge in [-0.1, -0.05) is 24.3 Å². The maximum Gasteiger partial charge on any atom is 0.328 e. The van der Waals surface area contributed by atoms with Gasteiger partial charge in [0, 0.05) is 30.8 Å². The molecule has 4 aromatic rings. The number of rotatable bonds is 10. The van der Waals surface area contributed by atoms with Gasteiger partial charge in [0.1, 0.15) is 23.2 Å². The molecule has 0 saturated heterocycles. The smallest absolute Gasteiger partial charge is 0.328 e. The van der Waals surface area contributed by atoms with E-state index in [4.69, 9.17) is 30.5 Å². The molecule has 11 nitrogen and oxygen atoms in total. The number of carboxylic acids is 1. The third kappa shape index (κ3) is 6.57. The first-order valence-corrected chi connectivity index (χ1v) is 13.1. The standard InChI is InChI=1S/C31H25F2N5O6/c1-38-14-13-36-29(38)19-3-2-4-21(15-19)43-30-25(32)27(42-20-9-5-17(6-10-20)7-12-24(40)41)26(33)31(37-30)44-23-16-18(28(34)35)8-11-22(23)39/h2-12,15-16,39H,13-14H2,1H3,(H3,34,35)(H,40,41)/b12-7+. The van der Waals surface area contributed by atoms with Crippen LogP contribution in [0.25, 0.3) is 6.08 Å². The Morgan fingerprint density at radius 2 is 1.73 bits per heavy atom. The second kappa shape index (κ2) is 12.5. The van der Waals surface area contributed by atoms with Crippen molar-refractivity contribution in [2.75, 3.05) is 20.1 Å². The maximum atomic E-state index is 15.8. The van der Waals surface area contributed by atoms with Crippen molar-refractivity contribution >= 4 is 23.7 Å². The molecule has 0 atom stereocenters. The molecule has 0 unspecified atom stereocenters. The zero-order valence-electron chi connectivity index (χ0n) is 23.1. The van der Waals surface area contributed by atoms with Crippen molar-refractivity contribution in [2.45, 2.75) is 0 Å². The Kier molecular flexibility index (Phi) is 8.37. The first-order valence-electron chi connectivity index (χ1n) is 13.1. The van der Waals surface area contributed by atoms with E-state index in [1.807, 2.05) is 18.0 Å². The molecule has 224 valence electrons. The quantitative estimate of drug-likeness (QED) is 0.104. The van der Waals surface area contributed by atoms with Crippen molar-refractivity contribution in [3.8, 4) is 40.5 Å². The van der Waals surface area contributed by atoms with Crippen LogP contribution in [0.1, 0.15) is 16.7 Å². The number of aromatic hydroxyl groups is 1. The Bertz CT molecular complexity index is 1810. The van der Waals surface area contributed by atoms with Crippen LogP contribution in [-0.4, -0.2) is 57.9 Å². The van der Waals surface area contributed by atoms with Crippen molar-refractivity contribution in [2.24, 2.45) is 10.7 Å². The number of ether oxygens (including phenoxy) is 3. The fraction of sp³-hybridized carbons (Fsp3) is 0.0968. The van der Waals surface area contributed by atoms with Crippen LogP contribution in [0.4, 0.5) is 8.78 Å². The van der Waals surface area contributed by atoms with Gasteiger partial charge < -0.3 is 35.1 Å². The van der Waals surface area contributed by atoms with Gasteiger partial charge in [0.25, 0.3) is 11.8 Å². The van der Waals surface area contributed by atoms with Gasteiger partial charge in [0.05, 0.1) is 6.54 Å². The molecule has 0 spiro atoms. The van der Waals surface area contributed by atoms with Crippen LogP contribution in [-0.2, 0) is 4.79 Å². The molecule has 13 heteroatoms. The number of pyridine rings is 1. The van der Waals surface area contributed by atoms with Crippen molar-refractivity contribution in [3.63, 3.8) is 0 Å². The molecule has 5 N–H and O–H groups in total. The molecule has 1 aromatic heterocycles. The van der Waals surface area contributed by atoms with E-state index in [2.05, 4.69) is 9.98 Å². The van der Waals surface area contributed by atoms with E-state index in [0.29, 0.717) is 17.7 Å². The number of amidine groups is 2. The largest absolute Gasteiger partial charge is 0.504 e. The molecule has 1 aliphatic heterocycles. The summed E-state index contributed by atoms with van der Waals surface area (Å²) in [6.07, 6.45) is 2.27. The third-order valence-corrected chi connectivity index (χ3v) is 6.34. The molecule has 0 bridgehead atoms. The molecule has 0 aliphatic carbocycles. The Morgan fingerprint density at radius 3 is 2.39 bits per heavy atom. The highest BCUT2D eigenvalue weighted by molar-refractivity contribution is 6.00. The number of nitrogen functional groups attached to an aromatic ring is 1. The van der Waals surface area contributed by atoms with Gasteiger partial charge in [-0.15, -0.1) is 0 Å². The number of hydrogen-bond donors (Lipinski definition) is 4. The number of hydrogen-bond acceptors (Lipinski definition) is 9. The minimum atomic E-state index is -1.35. The number of benzene rings is 3. The summed E-state index contributed by atoms with van der Waals surface area (Å²) >= 11 is 0. The number of phenols is 1. The molecule has 44 heavy (non-hydrogen) atoms. The maximum absolute atomic E-state index is 15.8. The molecular formula is C31H25F2N5O6. The second-order valence-electron chi connectivity index (χ2n) is 9.48. The first-order chi connectivity index (χ1) is 21.1. The Hall–Kier alpha value is -5.98. The minimum absolute atomic E-state index is 0.00378. The minimum Gasteiger partial charge on any atom is -0.504 e. The fourth-order valence-corrected chi connectivity index (χ4v) is 4.16. The molecule has 0 radical (unpaired) electrons. The third-order valence-electron chi connectivity index (χ3n) is 6.34. The van der Waals surface area contributed by atoms with E-state index in [1.54, 1.807) is 18.2 Å². The summed E-state index contributed by atoms with van der Waals surface area (Å²) in [5.41, 5.74) is 6.91. The molecule has 0 amide bonds. The number of nitrogens with one attached hydrogen (secondary N) is 1. The number of aromatic nitrogens is 1. The Labute approximate surface area is 249 Å². The number of aliphatic carboxylic acids is 1. The van der Waals surface area contributed by atoms with Gasteiger partial charge in [-0.05, 0) is 54.1 Å². The van der Waals surface area contributed by atoms with Crippen LogP contribution < -0.4 is 19.9 Å². The van der Waals surface area contributed by atoms with Crippen LogP contribution in [0.15, 0.2) is 77.8 Å². The van der Waals surface area contributed by atoms with Gasteiger partial charge >= 0.3 is 5.97 Å². The lowest BCUT2D eigenvalue weighted by molar-refractivity contribution is -0.131. The van der Waals surface area contributed by atoms with Gasteiger partial charge in [0.15, 0.2) is 11.5 Å². The molecular weight excluding hydrogens is 576 g/mol. The molecule has 0 saturated carbocycles. The molecule has 1 aliphatic rings. The second-order valence-corrected chi connectivity index (χ2v) is 9.48. The van der Waals surface area contributed by atoms with E-state index in [-0.39, 0.29) is 28.6 Å². The average molecular weight is 602 g/mol. The summed E-state index contributed by atoms with van der Waals surface area (Å²) in [4.78, 5) is 21.1. The summed E-state index contributed by atoms with van der Waals surface area (Å²) in [7, 11) is 1.89. The van der Waals surface area contributed by atoms with Crippen LogP contribution in [0.2, 0.25) is 0 Å². The number of carboxylic acid groups (broad SMARTS) is 1. The number of aliphatic imine (C=N–C) groups is 1. The molecule has 3 aromatic carbocycles. The van der Waals surface area contributed by atoms with Gasteiger partial charge in [0.2, 0.25) is 17.4 Å². The van der Waals surface area contributed by atoms with E-state index >= 15 is 8.78 Å². The lowest BCUT2D eigenvalue weighted by atomic mass is 10.2. The summed E-state index contributed by atoms with van der Waals surface area (Å²) in [6, 6.07) is 16.1. The van der Waals surface area contributed by atoms with Crippen molar-refractivity contribution in [3.05, 3.63) is 101 Å². The number of halogens is 2. The first kappa shape index (κ1) is 29.5. The monoisotopic (exact) mass is 601 g/mol. The fourth-order valence-electron chi connectivity index (χ4n) is 4.16. The van der Waals surface area contributed by atoms with E-state index in [0.717, 1.165) is 18.5 Å². The van der Waals surface area contributed by atoms with E-state index in [9.17, 15) is 9.90 Å². The van der Waals surface area contributed by atoms with Crippen LogP contribution in [0.5, 0.6) is 40.5 Å². The lowest BCUT2D eigenvalue weighted by Crippen LogP contribution is -2.23. The van der Waals surface area contributed by atoms with Gasteiger partial charge in [-0.25, -0.2) is 4.79 Å². The van der Waals surface area contributed by atoms with Crippen molar-refractivity contribution < 1.29 is 38.0 Å². The predicted octanol–water partition coefficient (Wildman–Crippen LogP) is 5.52. The summed E-state index contributed by atoms with van der Waals surface area (Å²) in [6.45, 7) is 1.37. The van der Waals surface area contributed by atoms with Gasteiger partial charge in [-0.2, -0.15) is 13.8 Å². The number of likely N-dealkylation sites (N-methyl/N-ethyl adjacent to an activating group) is 1. The normalized spacial score (nSPS) is 12.7. The molecule has 0 fully saturated rings. The van der Waals surface area contributed by atoms with Crippen LogP contribution in [0.3, 0.4) is 0 Å². The van der Waals surface area contributed by atoms with Gasteiger partial charge in [-0.3, -0.25) is 10.4 Å². The average Bonchev–Trinajstić information content (AvgIpc) is 3.44. The van der Waals surface area contributed by atoms with Crippen LogP contribution >= 0.6 is 0 Å². The highest BCUT2D eigenvalue weighted by Crippen LogP contribution is 2.41. The number of nitrogens with two attached hydrogens (primary N) is 1. The highest BCUT2D eigenvalue weighted by Gasteiger charge is 2.27.